The molecule has 194 valence electrons. The van der Waals surface area contributed by atoms with E-state index in [-0.39, 0.29) is 4.90 Å². The van der Waals surface area contributed by atoms with Crippen molar-refractivity contribution in [1.29, 1.82) is 0 Å². The predicted molar refractivity (Wildman–Crippen MR) is 153 cm³/mol. The van der Waals surface area contributed by atoms with E-state index in [0.717, 1.165) is 39.2 Å². The first-order valence-corrected chi connectivity index (χ1v) is 14.2. The molecule has 38 heavy (non-hydrogen) atoms. The number of benzene rings is 4. The Hall–Kier alpha value is -3.97. The van der Waals surface area contributed by atoms with E-state index in [2.05, 4.69) is 42.6 Å². The third-order valence-corrected chi connectivity index (χ3v) is 8.84. The van der Waals surface area contributed by atoms with E-state index >= 15 is 0 Å². The van der Waals surface area contributed by atoms with Crippen molar-refractivity contribution in [1.82, 2.24) is 5.43 Å². The fourth-order valence-electron chi connectivity index (χ4n) is 4.90. The summed E-state index contributed by atoms with van der Waals surface area (Å²) >= 11 is 0. The summed E-state index contributed by atoms with van der Waals surface area (Å²) in [5.41, 5.74) is 8.55. The van der Waals surface area contributed by atoms with Gasteiger partial charge in [-0.25, -0.2) is 13.8 Å². The monoisotopic (exact) mass is 525 g/mol. The van der Waals surface area contributed by atoms with Gasteiger partial charge in [0.2, 0.25) is 0 Å². The summed E-state index contributed by atoms with van der Waals surface area (Å²) in [5, 5.41) is 6.54. The van der Waals surface area contributed by atoms with Crippen molar-refractivity contribution in [3.05, 3.63) is 107 Å². The second-order valence-corrected chi connectivity index (χ2v) is 11.9. The van der Waals surface area contributed by atoms with Crippen LogP contribution in [-0.2, 0) is 27.7 Å². The molecule has 0 spiro atoms. The molecule has 0 fully saturated rings. The van der Waals surface area contributed by atoms with Gasteiger partial charge in [-0.3, -0.25) is 9.10 Å². The Bertz CT molecular complexity index is 1610. The summed E-state index contributed by atoms with van der Waals surface area (Å²) in [6, 6.07) is 24.3. The van der Waals surface area contributed by atoms with Gasteiger partial charge >= 0.3 is 0 Å². The molecule has 4 aromatic rings. The Balaban J connectivity index is 1.39. The molecule has 0 aliphatic heterocycles. The molecule has 1 N–H and O–H groups in total. The molecule has 0 bridgehead atoms. The molecular formula is C31H31N3O3S. The second-order valence-electron chi connectivity index (χ2n) is 10.0. The zero-order chi connectivity index (χ0) is 26.9. The number of hydrazone groups is 1. The highest BCUT2D eigenvalue weighted by Gasteiger charge is 2.27. The normalized spacial score (nSPS) is 12.9. The molecule has 1 amide bonds. The van der Waals surface area contributed by atoms with Gasteiger partial charge in [0.05, 0.1) is 16.8 Å². The summed E-state index contributed by atoms with van der Waals surface area (Å²) in [7, 11) is -3.99. The second kappa shape index (κ2) is 10.4. The summed E-state index contributed by atoms with van der Waals surface area (Å²) in [5.74, 6) is -0.231. The lowest BCUT2D eigenvalue weighted by molar-refractivity contribution is -0.119. The number of amides is 1. The van der Waals surface area contributed by atoms with Gasteiger partial charge < -0.3 is 0 Å². The Morgan fingerprint density at radius 3 is 2.32 bits per heavy atom. The number of sulfonamides is 1. The Labute approximate surface area is 224 Å². The minimum absolute atomic E-state index is 0.125. The van der Waals surface area contributed by atoms with Gasteiger partial charge in [0.25, 0.3) is 15.9 Å². The fraction of sp³-hybridized carbons (Fsp3) is 0.226. The lowest BCUT2D eigenvalue weighted by atomic mass is 10.0. The molecule has 1 aliphatic carbocycles. The van der Waals surface area contributed by atoms with E-state index in [9.17, 15) is 13.2 Å². The zero-order valence-corrected chi connectivity index (χ0v) is 22.6. The lowest BCUT2D eigenvalue weighted by Crippen LogP contribution is -2.39. The lowest BCUT2D eigenvalue weighted by Gasteiger charge is -2.24. The third kappa shape index (κ3) is 5.07. The van der Waals surface area contributed by atoms with Crippen LogP contribution in [0.2, 0.25) is 0 Å². The molecule has 7 heteroatoms. The van der Waals surface area contributed by atoms with Crippen molar-refractivity contribution in [3.8, 4) is 0 Å². The van der Waals surface area contributed by atoms with E-state index in [1.165, 1.54) is 16.5 Å². The first-order valence-electron chi connectivity index (χ1n) is 12.8. The average Bonchev–Trinajstić information content (AvgIpc) is 3.33. The van der Waals surface area contributed by atoms with Crippen molar-refractivity contribution in [2.45, 2.75) is 44.4 Å². The van der Waals surface area contributed by atoms with Crippen LogP contribution in [0.15, 0.2) is 88.9 Å². The first kappa shape index (κ1) is 25.7. The van der Waals surface area contributed by atoms with Crippen LogP contribution < -0.4 is 9.73 Å². The van der Waals surface area contributed by atoms with Gasteiger partial charge in [0, 0.05) is 5.56 Å². The fourth-order valence-corrected chi connectivity index (χ4v) is 6.32. The molecular weight excluding hydrogens is 494 g/mol. The van der Waals surface area contributed by atoms with Crippen molar-refractivity contribution in [2.24, 2.45) is 5.10 Å². The maximum Gasteiger partial charge on any atom is 0.264 e. The maximum atomic E-state index is 13.6. The van der Waals surface area contributed by atoms with Crippen molar-refractivity contribution < 1.29 is 13.2 Å². The molecule has 0 unspecified atom stereocenters. The average molecular weight is 526 g/mol. The molecule has 0 atom stereocenters. The number of aryl methyl sites for hydroxylation is 3. The van der Waals surface area contributed by atoms with Gasteiger partial charge in [0.1, 0.15) is 6.54 Å². The minimum atomic E-state index is -3.99. The van der Waals surface area contributed by atoms with Gasteiger partial charge in [0.15, 0.2) is 0 Å². The van der Waals surface area contributed by atoms with Crippen LogP contribution in [-0.4, -0.2) is 27.1 Å². The summed E-state index contributed by atoms with van der Waals surface area (Å²) < 4.78 is 28.4. The standard InChI is InChI=1S/C31H31N3O3S/c1-21(2)23-13-15-27(16-14-23)34(38(36,37)28-17-7-22(3)8-18-28)20-30(35)33-32-19-26-12-11-25-10-9-24-5-4-6-29(26)31(24)25/h4-8,11-19,21H,9-10,20H2,1-3H3,(H,33,35)/b32-19+. The van der Waals surface area contributed by atoms with Crippen LogP contribution >= 0.6 is 0 Å². The van der Waals surface area contributed by atoms with Crippen LogP contribution in [0.3, 0.4) is 0 Å². The smallest absolute Gasteiger partial charge is 0.264 e. The Morgan fingerprint density at radius 1 is 0.947 bits per heavy atom. The molecule has 0 aromatic heterocycles. The number of nitrogens with zero attached hydrogens (tertiary/aromatic N) is 2. The summed E-state index contributed by atoms with van der Waals surface area (Å²) in [6.45, 7) is 5.64. The predicted octanol–water partition coefficient (Wildman–Crippen LogP) is 5.72. The van der Waals surface area contributed by atoms with Crippen molar-refractivity contribution >= 4 is 38.6 Å². The van der Waals surface area contributed by atoms with Crippen LogP contribution in [0.4, 0.5) is 5.69 Å². The number of anilines is 1. The number of rotatable bonds is 8. The highest BCUT2D eigenvalue weighted by atomic mass is 32.2. The maximum absolute atomic E-state index is 13.6. The van der Waals surface area contributed by atoms with E-state index in [1.54, 1.807) is 42.6 Å². The van der Waals surface area contributed by atoms with E-state index in [1.807, 2.05) is 31.2 Å². The summed E-state index contributed by atoms with van der Waals surface area (Å²) in [6.07, 6.45) is 3.69. The van der Waals surface area contributed by atoms with Crippen LogP contribution in [0, 0.1) is 6.92 Å². The van der Waals surface area contributed by atoms with Crippen LogP contribution in [0.25, 0.3) is 10.8 Å². The van der Waals surface area contributed by atoms with Gasteiger partial charge in [-0.2, -0.15) is 5.10 Å². The van der Waals surface area contributed by atoms with E-state index < -0.39 is 22.5 Å². The molecule has 0 saturated carbocycles. The molecule has 6 nitrogen and oxygen atoms in total. The zero-order valence-electron chi connectivity index (χ0n) is 21.8. The molecule has 0 radical (unpaired) electrons. The van der Waals surface area contributed by atoms with Crippen molar-refractivity contribution in [2.75, 3.05) is 10.8 Å². The molecule has 1 aliphatic rings. The first-order chi connectivity index (χ1) is 18.2. The molecule has 0 heterocycles. The van der Waals surface area contributed by atoms with Gasteiger partial charge in [-0.15, -0.1) is 0 Å². The van der Waals surface area contributed by atoms with Gasteiger partial charge in [-0.1, -0.05) is 74.0 Å². The minimum Gasteiger partial charge on any atom is -0.271 e. The van der Waals surface area contributed by atoms with Gasteiger partial charge in [-0.05, 0) is 77.4 Å². The number of nitrogens with one attached hydrogen (secondary N) is 1. The number of carbonyl (C=O) groups is 1. The van der Waals surface area contributed by atoms with E-state index in [0.29, 0.717) is 11.6 Å². The topological polar surface area (TPSA) is 78.8 Å². The molecule has 4 aromatic carbocycles. The number of carbonyl (C=O) groups excluding carboxylic acids is 1. The van der Waals surface area contributed by atoms with Crippen molar-refractivity contribution in [3.63, 3.8) is 0 Å². The highest BCUT2D eigenvalue weighted by Crippen LogP contribution is 2.32. The highest BCUT2D eigenvalue weighted by molar-refractivity contribution is 7.92. The SMILES string of the molecule is Cc1ccc(S(=O)(=O)N(CC(=O)N/N=C/c2ccc3c4c(cccc24)CC3)c2ccc(C(C)C)cc2)cc1. The number of hydrogen-bond acceptors (Lipinski definition) is 4. The molecule has 0 saturated heterocycles. The summed E-state index contributed by atoms with van der Waals surface area (Å²) in [4.78, 5) is 13.1. The van der Waals surface area contributed by atoms with Crippen LogP contribution in [0.1, 0.15) is 47.6 Å². The Morgan fingerprint density at radius 2 is 1.63 bits per heavy atom. The third-order valence-electron chi connectivity index (χ3n) is 7.05. The molecule has 5 rings (SSSR count). The number of hydrogen-bond donors (Lipinski definition) is 1. The van der Waals surface area contributed by atoms with E-state index in [4.69, 9.17) is 0 Å². The quantitative estimate of drug-likeness (QED) is 0.236. The van der Waals surface area contributed by atoms with Crippen LogP contribution in [0.5, 0.6) is 0 Å². The largest absolute Gasteiger partial charge is 0.271 e. The Kier molecular flexibility index (Phi) is 7.04.